The average molecular weight is 330 g/mol. The van der Waals surface area contributed by atoms with Crippen LogP contribution in [0.25, 0.3) is 0 Å². The Balaban J connectivity index is 1.48. The molecule has 24 heavy (non-hydrogen) atoms. The number of amides is 2. The van der Waals surface area contributed by atoms with Gasteiger partial charge >= 0.3 is 6.03 Å². The van der Waals surface area contributed by atoms with E-state index in [-0.39, 0.29) is 18.2 Å². The number of carbonyl (C=O) groups is 1. The lowest BCUT2D eigenvalue weighted by Gasteiger charge is -2.30. The van der Waals surface area contributed by atoms with Crippen LogP contribution in [0.1, 0.15) is 6.92 Å². The maximum atomic E-state index is 12.3. The van der Waals surface area contributed by atoms with Gasteiger partial charge in [0.25, 0.3) is 0 Å². The average Bonchev–Trinajstić information content (AvgIpc) is 3.07. The van der Waals surface area contributed by atoms with Gasteiger partial charge in [-0.1, -0.05) is 12.1 Å². The lowest BCUT2D eigenvalue weighted by atomic mass is 10.2. The van der Waals surface area contributed by atoms with E-state index in [4.69, 9.17) is 9.47 Å². The molecule has 3 rings (SSSR count). The molecule has 0 bridgehead atoms. The Morgan fingerprint density at radius 3 is 3.00 bits per heavy atom. The van der Waals surface area contributed by atoms with Crippen LogP contribution in [0, 0.1) is 0 Å². The number of urea groups is 1. The lowest BCUT2D eigenvalue weighted by molar-refractivity contribution is 0.0712. The number of benzene rings is 1. The van der Waals surface area contributed by atoms with Crippen LogP contribution in [0.4, 0.5) is 4.79 Å². The largest absolute Gasteiger partial charge is 0.486 e. The molecule has 1 aliphatic rings. The van der Waals surface area contributed by atoms with E-state index >= 15 is 0 Å². The van der Waals surface area contributed by atoms with E-state index in [1.165, 1.54) is 0 Å². The summed E-state index contributed by atoms with van der Waals surface area (Å²) in [5.41, 5.74) is 0. The molecule has 0 radical (unpaired) electrons. The van der Waals surface area contributed by atoms with Crippen molar-refractivity contribution < 1.29 is 14.3 Å². The highest BCUT2D eigenvalue weighted by molar-refractivity contribution is 5.74. The van der Waals surface area contributed by atoms with E-state index in [2.05, 4.69) is 10.3 Å². The van der Waals surface area contributed by atoms with Gasteiger partial charge in [0.05, 0.1) is 12.9 Å². The van der Waals surface area contributed by atoms with E-state index in [0.29, 0.717) is 19.7 Å². The highest BCUT2D eigenvalue weighted by atomic mass is 16.6. The number of para-hydroxylation sites is 2. The normalized spacial score (nSPS) is 17.2. The zero-order valence-electron chi connectivity index (χ0n) is 13.9. The van der Waals surface area contributed by atoms with Crippen molar-refractivity contribution >= 4 is 6.03 Å². The Hall–Kier alpha value is -2.70. The van der Waals surface area contributed by atoms with Gasteiger partial charge in [0, 0.05) is 32.0 Å². The molecule has 0 saturated heterocycles. The third kappa shape index (κ3) is 3.98. The van der Waals surface area contributed by atoms with Crippen molar-refractivity contribution in [1.29, 1.82) is 0 Å². The van der Waals surface area contributed by atoms with Gasteiger partial charge < -0.3 is 24.3 Å². The van der Waals surface area contributed by atoms with Gasteiger partial charge in [-0.2, -0.15) is 0 Å². The van der Waals surface area contributed by atoms with Crippen molar-refractivity contribution in [1.82, 2.24) is 19.8 Å². The van der Waals surface area contributed by atoms with Gasteiger partial charge in [0.15, 0.2) is 17.6 Å². The molecule has 2 unspecified atom stereocenters. The highest BCUT2D eigenvalue weighted by Gasteiger charge is 2.24. The summed E-state index contributed by atoms with van der Waals surface area (Å²) in [7, 11) is 1.75. The van der Waals surface area contributed by atoms with Crippen LogP contribution < -0.4 is 14.8 Å². The second kappa shape index (κ2) is 7.25. The number of nitrogens with zero attached hydrogens (tertiary/aromatic N) is 3. The Morgan fingerprint density at radius 1 is 1.46 bits per heavy atom. The highest BCUT2D eigenvalue weighted by Crippen LogP contribution is 2.30. The van der Waals surface area contributed by atoms with E-state index in [0.717, 1.165) is 11.5 Å². The van der Waals surface area contributed by atoms with Crippen LogP contribution in [0.15, 0.2) is 43.0 Å². The molecule has 2 aromatic rings. The van der Waals surface area contributed by atoms with Crippen LogP contribution in [-0.4, -0.2) is 52.8 Å². The van der Waals surface area contributed by atoms with Crippen molar-refractivity contribution in [3.8, 4) is 11.5 Å². The Bertz CT molecular complexity index is 674. The molecule has 2 heterocycles. The minimum atomic E-state index is -0.181. The Kier molecular flexibility index (Phi) is 4.88. The van der Waals surface area contributed by atoms with Crippen LogP contribution in [0.3, 0.4) is 0 Å². The molecule has 0 aliphatic carbocycles. The molecule has 2 amide bonds. The van der Waals surface area contributed by atoms with Gasteiger partial charge in [-0.05, 0) is 19.1 Å². The summed E-state index contributed by atoms with van der Waals surface area (Å²) in [6, 6.07) is 7.42. The maximum Gasteiger partial charge on any atom is 0.317 e. The first kappa shape index (κ1) is 16.2. The molecule has 1 aliphatic heterocycles. The molecule has 0 spiro atoms. The number of rotatable bonds is 5. The van der Waals surface area contributed by atoms with E-state index in [9.17, 15) is 4.79 Å². The standard InChI is InChI=1S/C17H22N4O3/c1-13(9-21-8-7-18-12-21)19-17(22)20(2)10-14-11-23-15-5-3-4-6-16(15)24-14/h3-8,12-14H,9-11H2,1-2H3,(H,19,22). The first-order chi connectivity index (χ1) is 11.6. The number of fused-ring (bicyclic) bond motifs is 1. The maximum absolute atomic E-state index is 12.3. The number of carbonyl (C=O) groups excluding carboxylic acids is 1. The quantitative estimate of drug-likeness (QED) is 0.907. The van der Waals surface area contributed by atoms with E-state index < -0.39 is 0 Å². The molecular weight excluding hydrogens is 308 g/mol. The third-order valence-corrected chi connectivity index (χ3v) is 3.81. The molecule has 0 fully saturated rings. The first-order valence-electron chi connectivity index (χ1n) is 7.97. The molecule has 1 N–H and O–H groups in total. The van der Waals surface area contributed by atoms with Crippen molar-refractivity contribution in [2.75, 3.05) is 20.2 Å². The summed E-state index contributed by atoms with van der Waals surface area (Å²) in [5, 5.41) is 2.97. The second-order valence-corrected chi connectivity index (χ2v) is 5.99. The number of aromatic nitrogens is 2. The fraction of sp³-hybridized carbons (Fsp3) is 0.412. The Morgan fingerprint density at radius 2 is 2.25 bits per heavy atom. The van der Waals surface area contributed by atoms with Crippen molar-refractivity contribution in [3.05, 3.63) is 43.0 Å². The summed E-state index contributed by atoms with van der Waals surface area (Å²) in [5.74, 6) is 1.46. The van der Waals surface area contributed by atoms with Gasteiger partial charge in [-0.3, -0.25) is 0 Å². The summed E-state index contributed by atoms with van der Waals surface area (Å²) < 4.78 is 13.5. The molecule has 7 heteroatoms. The SMILES string of the molecule is CC(Cn1ccnc1)NC(=O)N(C)CC1COc2ccccc2O1. The minimum Gasteiger partial charge on any atom is -0.486 e. The second-order valence-electron chi connectivity index (χ2n) is 5.99. The number of likely N-dealkylation sites (N-methyl/N-ethyl adjacent to an activating group) is 1. The zero-order valence-corrected chi connectivity index (χ0v) is 13.9. The summed E-state index contributed by atoms with van der Waals surface area (Å²) >= 11 is 0. The van der Waals surface area contributed by atoms with Gasteiger partial charge in [0.2, 0.25) is 0 Å². The van der Waals surface area contributed by atoms with Gasteiger partial charge in [0.1, 0.15) is 6.61 Å². The number of hydrogen-bond donors (Lipinski definition) is 1. The monoisotopic (exact) mass is 330 g/mol. The zero-order chi connectivity index (χ0) is 16.9. The summed E-state index contributed by atoms with van der Waals surface area (Å²) in [6.45, 7) is 3.52. The topological polar surface area (TPSA) is 68.6 Å². The molecule has 0 saturated carbocycles. The van der Waals surface area contributed by atoms with Crippen molar-refractivity contribution in [3.63, 3.8) is 0 Å². The van der Waals surface area contributed by atoms with E-state index in [1.54, 1.807) is 24.5 Å². The molecule has 1 aromatic carbocycles. The summed E-state index contributed by atoms with van der Waals surface area (Å²) in [4.78, 5) is 17.9. The van der Waals surface area contributed by atoms with Crippen molar-refractivity contribution in [2.24, 2.45) is 0 Å². The fourth-order valence-corrected chi connectivity index (χ4v) is 2.62. The lowest BCUT2D eigenvalue weighted by Crippen LogP contribution is -2.48. The molecule has 7 nitrogen and oxygen atoms in total. The smallest absolute Gasteiger partial charge is 0.317 e. The van der Waals surface area contributed by atoms with Gasteiger partial charge in [-0.15, -0.1) is 0 Å². The number of hydrogen-bond acceptors (Lipinski definition) is 4. The molecule has 2 atom stereocenters. The van der Waals surface area contributed by atoms with Crippen LogP contribution in [0.2, 0.25) is 0 Å². The number of nitrogens with one attached hydrogen (secondary N) is 1. The van der Waals surface area contributed by atoms with Crippen molar-refractivity contribution in [2.45, 2.75) is 25.6 Å². The van der Waals surface area contributed by atoms with E-state index in [1.807, 2.05) is 42.0 Å². The first-order valence-corrected chi connectivity index (χ1v) is 7.97. The van der Waals surface area contributed by atoms with Crippen LogP contribution >= 0.6 is 0 Å². The van der Waals surface area contributed by atoms with Crippen LogP contribution in [0.5, 0.6) is 11.5 Å². The number of ether oxygens (including phenoxy) is 2. The molecule has 128 valence electrons. The molecule has 1 aromatic heterocycles. The molecular formula is C17H22N4O3. The predicted molar refractivity (Wildman–Crippen MR) is 89.2 cm³/mol. The van der Waals surface area contributed by atoms with Gasteiger partial charge in [-0.25, -0.2) is 9.78 Å². The fourth-order valence-electron chi connectivity index (χ4n) is 2.62. The number of imidazole rings is 1. The van der Waals surface area contributed by atoms with Crippen LogP contribution in [-0.2, 0) is 6.54 Å². The predicted octanol–water partition coefficient (Wildman–Crippen LogP) is 1.75. The summed E-state index contributed by atoms with van der Waals surface area (Å²) in [6.07, 6.45) is 5.15. The minimum absolute atomic E-state index is 0.00148. The Labute approximate surface area is 141 Å². The third-order valence-electron chi connectivity index (χ3n) is 3.81.